The quantitative estimate of drug-likeness (QED) is 0.320. The summed E-state index contributed by atoms with van der Waals surface area (Å²) >= 11 is 0. The molecule has 2 aromatic carbocycles. The molecule has 2 saturated heterocycles. The van der Waals surface area contributed by atoms with Gasteiger partial charge in [-0.15, -0.1) is 0 Å². The minimum Gasteiger partial charge on any atom is -0.490 e. The summed E-state index contributed by atoms with van der Waals surface area (Å²) in [6.45, 7) is 7.20. The number of ether oxygens (including phenoxy) is 2. The molecule has 10 nitrogen and oxygen atoms in total. The predicted octanol–water partition coefficient (Wildman–Crippen LogP) is 5.85. The molecular weight excluding hydrogens is 546 g/mol. The molecule has 1 saturated carbocycles. The molecule has 0 radical (unpaired) electrons. The van der Waals surface area contributed by atoms with Gasteiger partial charge < -0.3 is 30.3 Å². The van der Waals surface area contributed by atoms with Gasteiger partial charge in [0.25, 0.3) is 0 Å². The Morgan fingerprint density at radius 1 is 0.860 bits per heavy atom. The Kier molecular flexibility index (Phi) is 10.3. The van der Waals surface area contributed by atoms with Gasteiger partial charge in [0.15, 0.2) is 0 Å². The van der Waals surface area contributed by atoms with Crippen molar-refractivity contribution in [2.24, 2.45) is 11.8 Å². The maximum atomic E-state index is 12.9. The SMILES string of the molecule is CC(C)COC(=O)N1CCCC1C(=O)NCC1CCN(c2ccc(NC(=O)Nc3ccc(OC4CCCC4)cc3)cc2)C1. The second-order valence-electron chi connectivity index (χ2n) is 12.3. The molecule has 2 aliphatic heterocycles. The molecule has 3 N–H and O–H groups in total. The number of nitrogens with zero attached hydrogens (tertiary/aromatic N) is 2. The Hall–Kier alpha value is -3.95. The van der Waals surface area contributed by atoms with Crippen molar-refractivity contribution in [3.63, 3.8) is 0 Å². The molecule has 5 rings (SSSR count). The number of hydrogen-bond acceptors (Lipinski definition) is 6. The summed E-state index contributed by atoms with van der Waals surface area (Å²) in [5.74, 6) is 1.32. The van der Waals surface area contributed by atoms with Gasteiger partial charge in [0.1, 0.15) is 11.8 Å². The normalized spacial score (nSPS) is 20.3. The second kappa shape index (κ2) is 14.5. The number of nitrogens with one attached hydrogen (secondary N) is 3. The molecule has 2 unspecified atom stereocenters. The number of carbonyl (C=O) groups is 3. The van der Waals surface area contributed by atoms with E-state index >= 15 is 0 Å². The van der Waals surface area contributed by atoms with Crippen molar-refractivity contribution < 1.29 is 23.9 Å². The van der Waals surface area contributed by atoms with Crippen LogP contribution in [0.15, 0.2) is 48.5 Å². The highest BCUT2D eigenvalue weighted by atomic mass is 16.6. The minimum atomic E-state index is -0.454. The van der Waals surface area contributed by atoms with Crippen LogP contribution in [-0.4, -0.2) is 67.9 Å². The molecule has 0 bridgehead atoms. The lowest BCUT2D eigenvalue weighted by molar-refractivity contribution is -0.125. The zero-order valence-electron chi connectivity index (χ0n) is 25.3. The summed E-state index contributed by atoms with van der Waals surface area (Å²) in [6.07, 6.45) is 7.02. The number of anilines is 3. The summed E-state index contributed by atoms with van der Waals surface area (Å²) < 4.78 is 11.3. The van der Waals surface area contributed by atoms with Crippen LogP contribution in [0.2, 0.25) is 0 Å². The fraction of sp³-hybridized carbons (Fsp3) is 0.545. The summed E-state index contributed by atoms with van der Waals surface area (Å²) in [5.41, 5.74) is 2.49. The highest BCUT2D eigenvalue weighted by Crippen LogP contribution is 2.27. The average molecular weight is 592 g/mol. The molecule has 1 aliphatic carbocycles. The van der Waals surface area contributed by atoms with E-state index < -0.39 is 12.1 Å². The topological polar surface area (TPSA) is 112 Å². The monoisotopic (exact) mass is 591 g/mol. The first-order valence-corrected chi connectivity index (χ1v) is 15.7. The lowest BCUT2D eigenvalue weighted by Crippen LogP contribution is -2.47. The Labute approximate surface area is 254 Å². The van der Waals surface area contributed by atoms with Crippen LogP contribution in [0, 0.1) is 11.8 Å². The maximum absolute atomic E-state index is 12.9. The molecule has 2 heterocycles. The third-order valence-corrected chi connectivity index (χ3v) is 8.39. The summed E-state index contributed by atoms with van der Waals surface area (Å²) in [6, 6.07) is 14.5. The highest BCUT2D eigenvalue weighted by Gasteiger charge is 2.35. The van der Waals surface area contributed by atoms with Gasteiger partial charge in [-0.1, -0.05) is 13.8 Å². The molecule has 3 fully saturated rings. The number of rotatable bonds is 10. The summed E-state index contributed by atoms with van der Waals surface area (Å²) in [5, 5.41) is 8.84. The van der Waals surface area contributed by atoms with E-state index in [1.807, 2.05) is 62.4 Å². The number of hydrogen-bond donors (Lipinski definition) is 3. The fourth-order valence-electron chi connectivity index (χ4n) is 6.04. The molecule has 4 amide bonds. The third kappa shape index (κ3) is 8.55. The van der Waals surface area contributed by atoms with Crippen LogP contribution < -0.4 is 25.6 Å². The average Bonchev–Trinajstić information content (AvgIpc) is 3.79. The van der Waals surface area contributed by atoms with E-state index in [9.17, 15) is 14.4 Å². The van der Waals surface area contributed by atoms with Crippen LogP contribution in [0.4, 0.5) is 26.7 Å². The smallest absolute Gasteiger partial charge is 0.410 e. The standard InChI is InChI=1S/C33H45N5O5/c1-23(2)22-42-33(41)38-18-5-8-30(38)31(39)34-20-24-17-19-37(21-24)27-13-9-25(10-14-27)35-32(40)36-26-11-15-29(16-12-26)43-28-6-3-4-7-28/h9-16,23-24,28,30H,3-8,17-22H2,1-2H3,(H,34,39)(H2,35,36,40). The first-order valence-electron chi connectivity index (χ1n) is 15.7. The van der Waals surface area contributed by atoms with Gasteiger partial charge in [-0.3, -0.25) is 9.69 Å². The highest BCUT2D eigenvalue weighted by molar-refractivity contribution is 5.99. The molecule has 2 aromatic rings. The Bertz CT molecular complexity index is 1230. The Balaban J connectivity index is 1.03. The number of urea groups is 1. The molecule has 0 aromatic heterocycles. The number of benzene rings is 2. The van der Waals surface area contributed by atoms with E-state index in [0.717, 1.165) is 50.2 Å². The van der Waals surface area contributed by atoms with Gasteiger partial charge in [-0.25, -0.2) is 9.59 Å². The molecule has 0 spiro atoms. The number of amides is 4. The first-order chi connectivity index (χ1) is 20.8. The van der Waals surface area contributed by atoms with Crippen molar-refractivity contribution in [3.8, 4) is 5.75 Å². The Morgan fingerprint density at radius 2 is 1.53 bits per heavy atom. The number of carbonyl (C=O) groups excluding carboxylic acids is 3. The van der Waals surface area contributed by atoms with Gasteiger partial charge in [-0.05, 0) is 105 Å². The zero-order chi connectivity index (χ0) is 30.2. The van der Waals surface area contributed by atoms with Crippen molar-refractivity contribution in [2.75, 3.05) is 48.3 Å². The lowest BCUT2D eigenvalue weighted by atomic mass is 10.1. The maximum Gasteiger partial charge on any atom is 0.410 e. The van der Waals surface area contributed by atoms with Crippen LogP contribution in [0.3, 0.4) is 0 Å². The zero-order valence-corrected chi connectivity index (χ0v) is 25.3. The van der Waals surface area contributed by atoms with Gasteiger partial charge in [0, 0.05) is 43.2 Å². The van der Waals surface area contributed by atoms with E-state index in [0.29, 0.717) is 49.5 Å². The first kappa shape index (κ1) is 30.5. The number of likely N-dealkylation sites (tertiary alicyclic amines) is 1. The molecule has 10 heteroatoms. The van der Waals surface area contributed by atoms with E-state index in [4.69, 9.17) is 9.47 Å². The van der Waals surface area contributed by atoms with Crippen molar-refractivity contribution in [3.05, 3.63) is 48.5 Å². The van der Waals surface area contributed by atoms with Crippen LogP contribution >= 0.6 is 0 Å². The van der Waals surface area contributed by atoms with E-state index in [2.05, 4.69) is 20.9 Å². The lowest BCUT2D eigenvalue weighted by Gasteiger charge is -2.24. The van der Waals surface area contributed by atoms with Gasteiger partial charge in [0.05, 0.1) is 12.7 Å². The van der Waals surface area contributed by atoms with Crippen molar-refractivity contribution >= 4 is 35.1 Å². The van der Waals surface area contributed by atoms with E-state index in [-0.39, 0.29) is 17.9 Å². The summed E-state index contributed by atoms with van der Waals surface area (Å²) in [4.78, 5) is 41.7. The third-order valence-electron chi connectivity index (χ3n) is 8.39. The van der Waals surface area contributed by atoms with E-state index in [1.54, 1.807) is 4.90 Å². The summed E-state index contributed by atoms with van der Waals surface area (Å²) in [7, 11) is 0. The van der Waals surface area contributed by atoms with Gasteiger partial charge in [0.2, 0.25) is 5.91 Å². The largest absolute Gasteiger partial charge is 0.490 e. The van der Waals surface area contributed by atoms with Crippen molar-refractivity contribution in [1.29, 1.82) is 0 Å². The van der Waals surface area contributed by atoms with Crippen LogP contribution in [-0.2, 0) is 9.53 Å². The van der Waals surface area contributed by atoms with Crippen LogP contribution in [0.1, 0.15) is 58.8 Å². The van der Waals surface area contributed by atoms with Crippen LogP contribution in [0.5, 0.6) is 5.75 Å². The molecule has 3 aliphatic rings. The molecular formula is C33H45N5O5. The van der Waals surface area contributed by atoms with Gasteiger partial charge >= 0.3 is 12.1 Å². The minimum absolute atomic E-state index is 0.0977. The van der Waals surface area contributed by atoms with Crippen molar-refractivity contribution in [1.82, 2.24) is 10.2 Å². The second-order valence-corrected chi connectivity index (χ2v) is 12.3. The molecule has 232 valence electrons. The van der Waals surface area contributed by atoms with Gasteiger partial charge in [-0.2, -0.15) is 0 Å². The molecule has 43 heavy (non-hydrogen) atoms. The molecule has 2 atom stereocenters. The van der Waals surface area contributed by atoms with Crippen LogP contribution in [0.25, 0.3) is 0 Å². The Morgan fingerprint density at radius 3 is 2.21 bits per heavy atom. The predicted molar refractivity (Wildman–Crippen MR) is 168 cm³/mol. The van der Waals surface area contributed by atoms with Crippen molar-refractivity contribution in [2.45, 2.75) is 70.9 Å². The fourth-order valence-corrected chi connectivity index (χ4v) is 6.04. The van der Waals surface area contributed by atoms with E-state index in [1.165, 1.54) is 12.8 Å².